The van der Waals surface area contributed by atoms with E-state index in [0.29, 0.717) is 6.42 Å². The quantitative estimate of drug-likeness (QED) is 0.487. The van der Waals surface area contributed by atoms with Gasteiger partial charge in [0.15, 0.2) is 11.1 Å². The van der Waals surface area contributed by atoms with Gasteiger partial charge in [0.1, 0.15) is 0 Å². The molecule has 0 aromatic heterocycles. The Bertz CT molecular complexity index is 133. The third kappa shape index (κ3) is 1.91. The van der Waals surface area contributed by atoms with E-state index in [9.17, 15) is 4.21 Å². The van der Waals surface area contributed by atoms with Gasteiger partial charge in [-0.3, -0.25) is 0 Å². The van der Waals surface area contributed by atoms with Crippen molar-refractivity contribution < 1.29 is 8.76 Å². The Labute approximate surface area is 58.3 Å². The summed E-state index contributed by atoms with van der Waals surface area (Å²) in [5.74, 6) is 0. The summed E-state index contributed by atoms with van der Waals surface area (Å²) in [5.41, 5.74) is 0. The largest absolute Gasteiger partial charge is 0.305 e. The third-order valence-electron chi connectivity index (χ3n) is 1.53. The Kier molecular flexibility index (Phi) is 3.08. The predicted octanol–water partition coefficient (Wildman–Crippen LogP) is 1.56. The van der Waals surface area contributed by atoms with E-state index in [1.54, 1.807) is 6.92 Å². The lowest BCUT2D eigenvalue weighted by molar-refractivity contribution is 0.526. The highest BCUT2D eigenvalue weighted by Crippen LogP contribution is 2.16. The van der Waals surface area contributed by atoms with Crippen LogP contribution in [0.15, 0.2) is 12.7 Å². The lowest BCUT2D eigenvalue weighted by Gasteiger charge is -2.17. The first-order chi connectivity index (χ1) is 4.06. The lowest BCUT2D eigenvalue weighted by Crippen LogP contribution is -2.25. The molecule has 0 aliphatic heterocycles. The zero-order valence-electron chi connectivity index (χ0n) is 5.76. The van der Waals surface area contributed by atoms with Gasteiger partial charge in [-0.2, -0.15) is 0 Å². The normalized spacial score (nSPS) is 20.3. The molecule has 0 fully saturated rings. The molecule has 0 aliphatic rings. The fourth-order valence-corrected chi connectivity index (χ4v) is 0.729. The zero-order chi connectivity index (χ0) is 7.49. The van der Waals surface area contributed by atoms with E-state index >= 15 is 0 Å². The molecule has 54 valence electrons. The minimum absolute atomic E-state index is 0.625. The first-order valence-corrected chi connectivity index (χ1v) is 3.92. The Balaban J connectivity index is 4.27. The molecule has 0 heterocycles. The summed E-state index contributed by atoms with van der Waals surface area (Å²) in [5, 5.41) is 0. The predicted molar refractivity (Wildman–Crippen MR) is 39.7 cm³/mol. The molecule has 0 saturated heterocycles. The van der Waals surface area contributed by atoms with E-state index in [4.69, 9.17) is 4.55 Å². The van der Waals surface area contributed by atoms with Crippen LogP contribution >= 0.6 is 0 Å². The van der Waals surface area contributed by atoms with E-state index in [-0.39, 0.29) is 0 Å². The molecular weight excluding hydrogens is 136 g/mol. The monoisotopic (exact) mass is 148 g/mol. The first-order valence-electron chi connectivity index (χ1n) is 2.81. The Morgan fingerprint density at radius 2 is 2.33 bits per heavy atom. The Hall–Kier alpha value is -0.150. The Morgan fingerprint density at radius 1 is 1.89 bits per heavy atom. The highest BCUT2D eigenvalue weighted by molar-refractivity contribution is 7.80. The van der Waals surface area contributed by atoms with E-state index in [2.05, 4.69) is 6.58 Å². The van der Waals surface area contributed by atoms with Gasteiger partial charge in [0.2, 0.25) is 0 Å². The van der Waals surface area contributed by atoms with Gasteiger partial charge < -0.3 is 4.55 Å². The van der Waals surface area contributed by atoms with Gasteiger partial charge in [0.05, 0.1) is 4.75 Å². The Morgan fingerprint density at radius 3 is 2.33 bits per heavy atom. The average molecular weight is 148 g/mol. The average Bonchev–Trinajstić information content (AvgIpc) is 1.86. The summed E-state index contributed by atoms with van der Waals surface area (Å²) in [4.78, 5) is 0. The van der Waals surface area contributed by atoms with Crippen molar-refractivity contribution in [2.75, 3.05) is 0 Å². The molecular formula is C6H12O2S. The van der Waals surface area contributed by atoms with Crippen LogP contribution in [0.3, 0.4) is 0 Å². The number of hydrogen-bond acceptors (Lipinski definition) is 1. The van der Waals surface area contributed by atoms with Gasteiger partial charge in [0, 0.05) is 0 Å². The lowest BCUT2D eigenvalue weighted by atomic mass is 10.1. The van der Waals surface area contributed by atoms with Crippen LogP contribution in [0, 0.1) is 0 Å². The second-order valence-corrected chi connectivity index (χ2v) is 3.55. The maximum absolute atomic E-state index is 10.5. The molecule has 0 amide bonds. The van der Waals surface area contributed by atoms with Crippen LogP contribution in [0.25, 0.3) is 0 Å². The van der Waals surface area contributed by atoms with Crippen LogP contribution in [-0.4, -0.2) is 13.5 Å². The van der Waals surface area contributed by atoms with Gasteiger partial charge >= 0.3 is 0 Å². The number of rotatable bonds is 3. The minimum Gasteiger partial charge on any atom is -0.305 e. The molecule has 2 nitrogen and oxygen atoms in total. The molecule has 0 aliphatic carbocycles. The molecule has 0 saturated carbocycles. The van der Waals surface area contributed by atoms with Crippen molar-refractivity contribution >= 4 is 11.1 Å². The van der Waals surface area contributed by atoms with Crippen molar-refractivity contribution in [3.63, 3.8) is 0 Å². The van der Waals surface area contributed by atoms with Crippen LogP contribution in [-0.2, 0) is 11.1 Å². The molecule has 0 aromatic carbocycles. The van der Waals surface area contributed by atoms with Gasteiger partial charge in [-0.05, 0) is 13.3 Å². The standard InChI is InChI=1S/C6H12O2S/c1-4-6(3,5-2)9(7)8/h4H,1,5H2,2-3H3,(H,7,8). The molecule has 0 rings (SSSR count). The topological polar surface area (TPSA) is 37.3 Å². The van der Waals surface area contributed by atoms with E-state index < -0.39 is 15.8 Å². The molecule has 0 spiro atoms. The maximum Gasteiger partial charge on any atom is 0.162 e. The van der Waals surface area contributed by atoms with E-state index in [1.165, 1.54) is 6.08 Å². The SMILES string of the molecule is C=CC(C)(CC)S(=O)O. The highest BCUT2D eigenvalue weighted by Gasteiger charge is 2.23. The van der Waals surface area contributed by atoms with Crippen LogP contribution in [0.4, 0.5) is 0 Å². The second-order valence-electron chi connectivity index (χ2n) is 2.12. The molecule has 1 N–H and O–H groups in total. The summed E-state index contributed by atoms with van der Waals surface area (Å²) in [6.07, 6.45) is 2.16. The number of hydrogen-bond donors (Lipinski definition) is 1. The van der Waals surface area contributed by atoms with Gasteiger partial charge in [0.25, 0.3) is 0 Å². The molecule has 0 bridgehead atoms. The molecule has 9 heavy (non-hydrogen) atoms. The fourth-order valence-electron chi connectivity index (χ4n) is 0.339. The van der Waals surface area contributed by atoms with E-state index in [1.807, 2.05) is 6.92 Å². The summed E-state index contributed by atoms with van der Waals surface area (Å²) < 4.78 is 18.6. The smallest absolute Gasteiger partial charge is 0.162 e. The van der Waals surface area contributed by atoms with Crippen molar-refractivity contribution in [3.05, 3.63) is 12.7 Å². The summed E-state index contributed by atoms with van der Waals surface area (Å²) in [6.45, 7) is 7.03. The van der Waals surface area contributed by atoms with Crippen molar-refractivity contribution in [1.29, 1.82) is 0 Å². The summed E-state index contributed by atoms with van der Waals surface area (Å²) in [7, 11) is 0. The van der Waals surface area contributed by atoms with Crippen molar-refractivity contribution in [3.8, 4) is 0 Å². The van der Waals surface area contributed by atoms with Gasteiger partial charge in [-0.25, -0.2) is 4.21 Å². The molecule has 2 atom stereocenters. The van der Waals surface area contributed by atoms with Crippen molar-refractivity contribution in [2.45, 2.75) is 25.0 Å². The van der Waals surface area contributed by atoms with Gasteiger partial charge in [-0.15, -0.1) is 6.58 Å². The molecule has 0 aromatic rings. The van der Waals surface area contributed by atoms with Gasteiger partial charge in [-0.1, -0.05) is 13.0 Å². The van der Waals surface area contributed by atoms with Crippen molar-refractivity contribution in [2.24, 2.45) is 0 Å². The highest BCUT2D eigenvalue weighted by atomic mass is 32.2. The van der Waals surface area contributed by atoms with E-state index in [0.717, 1.165) is 0 Å². The van der Waals surface area contributed by atoms with Crippen LogP contribution in [0.2, 0.25) is 0 Å². The third-order valence-corrected chi connectivity index (χ3v) is 2.79. The molecule has 2 unspecified atom stereocenters. The summed E-state index contributed by atoms with van der Waals surface area (Å²) >= 11 is -1.79. The fraction of sp³-hybridized carbons (Fsp3) is 0.667. The van der Waals surface area contributed by atoms with Crippen molar-refractivity contribution in [1.82, 2.24) is 0 Å². The minimum atomic E-state index is -1.79. The summed E-state index contributed by atoms with van der Waals surface area (Å²) in [6, 6.07) is 0. The first kappa shape index (κ1) is 8.85. The van der Waals surface area contributed by atoms with Crippen LogP contribution < -0.4 is 0 Å². The van der Waals surface area contributed by atoms with Crippen LogP contribution in [0.5, 0.6) is 0 Å². The second kappa shape index (κ2) is 3.13. The maximum atomic E-state index is 10.5. The van der Waals surface area contributed by atoms with Crippen LogP contribution in [0.1, 0.15) is 20.3 Å². The molecule has 0 radical (unpaired) electrons. The molecule has 3 heteroatoms. The zero-order valence-corrected chi connectivity index (χ0v) is 6.57.